The molecule has 1 N–H and O–H groups in total. The summed E-state index contributed by atoms with van der Waals surface area (Å²) in [6.07, 6.45) is 2.15. The van der Waals surface area contributed by atoms with Crippen molar-refractivity contribution in [3.8, 4) is 0 Å². The highest BCUT2D eigenvalue weighted by Gasteiger charge is 2.19. The van der Waals surface area contributed by atoms with Crippen molar-refractivity contribution in [2.45, 2.75) is 25.8 Å². The van der Waals surface area contributed by atoms with Gasteiger partial charge in [0, 0.05) is 10.0 Å². The van der Waals surface area contributed by atoms with Crippen LogP contribution in [0.5, 0.6) is 0 Å². The summed E-state index contributed by atoms with van der Waals surface area (Å²) in [5, 5.41) is 3.22. The molecule has 106 valence electrons. The quantitative estimate of drug-likeness (QED) is 0.823. The summed E-state index contributed by atoms with van der Waals surface area (Å²) in [4.78, 5) is 0. The smallest absolute Gasteiger partial charge is 0.129 e. The highest BCUT2D eigenvalue weighted by Crippen LogP contribution is 2.31. The lowest BCUT2D eigenvalue weighted by atomic mass is 9.96. The van der Waals surface area contributed by atoms with Crippen molar-refractivity contribution >= 4 is 15.9 Å². The van der Waals surface area contributed by atoms with Crippen LogP contribution in [0.4, 0.5) is 4.39 Å². The van der Waals surface area contributed by atoms with Crippen LogP contribution in [0.25, 0.3) is 0 Å². The van der Waals surface area contributed by atoms with E-state index < -0.39 is 0 Å². The van der Waals surface area contributed by atoms with Crippen LogP contribution in [0.3, 0.4) is 0 Å². The zero-order valence-corrected chi connectivity index (χ0v) is 13.4. The Hall–Kier alpha value is -1.19. The Bertz CT molecular complexity index is 563. The number of hydrogen-bond donors (Lipinski definition) is 1. The SMILES string of the molecule is CCCc1cccc(C(NC)c2c(F)cccc2Br)c1. The zero-order valence-electron chi connectivity index (χ0n) is 11.8. The van der Waals surface area contributed by atoms with E-state index in [9.17, 15) is 4.39 Å². The molecule has 0 amide bonds. The normalized spacial score (nSPS) is 12.4. The Labute approximate surface area is 128 Å². The van der Waals surface area contributed by atoms with Gasteiger partial charge >= 0.3 is 0 Å². The first-order valence-electron chi connectivity index (χ1n) is 6.87. The van der Waals surface area contributed by atoms with Gasteiger partial charge in [-0.1, -0.05) is 59.6 Å². The van der Waals surface area contributed by atoms with Gasteiger partial charge in [0.05, 0.1) is 6.04 Å². The first-order chi connectivity index (χ1) is 9.67. The van der Waals surface area contributed by atoms with Crippen molar-refractivity contribution in [3.05, 3.63) is 69.4 Å². The number of hydrogen-bond acceptors (Lipinski definition) is 1. The summed E-state index contributed by atoms with van der Waals surface area (Å²) in [7, 11) is 1.86. The Balaban J connectivity index is 2.44. The zero-order chi connectivity index (χ0) is 14.5. The van der Waals surface area contributed by atoms with Crippen LogP contribution in [0, 0.1) is 5.82 Å². The van der Waals surface area contributed by atoms with E-state index in [1.165, 1.54) is 11.6 Å². The third kappa shape index (κ3) is 3.28. The maximum Gasteiger partial charge on any atom is 0.129 e. The molecule has 0 heterocycles. The summed E-state index contributed by atoms with van der Waals surface area (Å²) in [5.74, 6) is -0.195. The highest BCUT2D eigenvalue weighted by atomic mass is 79.9. The van der Waals surface area contributed by atoms with Crippen molar-refractivity contribution in [3.63, 3.8) is 0 Å². The highest BCUT2D eigenvalue weighted by molar-refractivity contribution is 9.10. The summed E-state index contributed by atoms with van der Waals surface area (Å²) >= 11 is 3.46. The molecular formula is C17H19BrFN. The van der Waals surface area contributed by atoms with E-state index in [-0.39, 0.29) is 11.9 Å². The number of halogens is 2. The van der Waals surface area contributed by atoms with Crippen molar-refractivity contribution < 1.29 is 4.39 Å². The largest absolute Gasteiger partial charge is 0.309 e. The molecule has 1 nitrogen and oxygen atoms in total. The molecule has 0 aliphatic carbocycles. The Morgan fingerprint density at radius 2 is 1.95 bits per heavy atom. The molecule has 0 saturated carbocycles. The number of rotatable bonds is 5. The van der Waals surface area contributed by atoms with Gasteiger partial charge in [-0.2, -0.15) is 0 Å². The fraction of sp³-hybridized carbons (Fsp3) is 0.294. The van der Waals surface area contributed by atoms with E-state index >= 15 is 0 Å². The van der Waals surface area contributed by atoms with E-state index in [2.05, 4.69) is 40.3 Å². The fourth-order valence-electron chi connectivity index (χ4n) is 2.48. The van der Waals surface area contributed by atoms with Crippen LogP contribution >= 0.6 is 15.9 Å². The molecule has 0 saturated heterocycles. The third-order valence-electron chi connectivity index (χ3n) is 3.40. The maximum absolute atomic E-state index is 14.2. The molecule has 2 aromatic carbocycles. The first-order valence-corrected chi connectivity index (χ1v) is 7.66. The first kappa shape index (κ1) is 15.2. The third-order valence-corrected chi connectivity index (χ3v) is 4.09. The predicted molar refractivity (Wildman–Crippen MR) is 85.4 cm³/mol. The van der Waals surface area contributed by atoms with E-state index in [4.69, 9.17) is 0 Å². The minimum atomic E-state index is -0.195. The second-order valence-electron chi connectivity index (χ2n) is 4.85. The molecule has 0 radical (unpaired) electrons. The molecule has 1 unspecified atom stereocenters. The van der Waals surface area contributed by atoms with Gasteiger partial charge in [0.2, 0.25) is 0 Å². The van der Waals surface area contributed by atoms with Gasteiger partial charge in [-0.15, -0.1) is 0 Å². The molecule has 0 bridgehead atoms. The lowest BCUT2D eigenvalue weighted by molar-refractivity contribution is 0.573. The minimum Gasteiger partial charge on any atom is -0.309 e. The van der Waals surface area contributed by atoms with Crippen LogP contribution in [-0.2, 0) is 6.42 Å². The molecule has 2 rings (SSSR count). The van der Waals surface area contributed by atoms with E-state index in [1.807, 2.05) is 25.2 Å². The van der Waals surface area contributed by atoms with Gasteiger partial charge < -0.3 is 5.32 Å². The Kier molecular flexibility index (Phi) is 5.32. The van der Waals surface area contributed by atoms with Crippen LogP contribution in [0.15, 0.2) is 46.9 Å². The molecule has 0 aromatic heterocycles. The van der Waals surface area contributed by atoms with Gasteiger partial charge in [0.15, 0.2) is 0 Å². The van der Waals surface area contributed by atoms with Crippen LogP contribution in [-0.4, -0.2) is 7.05 Å². The molecule has 0 spiro atoms. The molecule has 3 heteroatoms. The van der Waals surface area contributed by atoms with Crippen LogP contribution < -0.4 is 5.32 Å². The van der Waals surface area contributed by atoms with Crippen LogP contribution in [0.2, 0.25) is 0 Å². The molecule has 0 fully saturated rings. The fourth-order valence-corrected chi connectivity index (χ4v) is 3.05. The molecule has 1 atom stereocenters. The second kappa shape index (κ2) is 7.00. The summed E-state index contributed by atoms with van der Waals surface area (Å²) < 4.78 is 14.9. The minimum absolute atomic E-state index is 0.151. The number of aryl methyl sites for hydroxylation is 1. The Morgan fingerprint density at radius 1 is 1.20 bits per heavy atom. The van der Waals surface area contributed by atoms with E-state index in [1.54, 1.807) is 6.07 Å². The van der Waals surface area contributed by atoms with E-state index in [0.717, 1.165) is 22.9 Å². The van der Waals surface area contributed by atoms with Crippen LogP contribution in [0.1, 0.15) is 36.1 Å². The summed E-state index contributed by atoms with van der Waals surface area (Å²) in [6, 6.07) is 13.3. The standard InChI is InChI=1S/C17H19BrFN/c1-3-6-12-7-4-8-13(11-12)17(20-2)16-14(18)9-5-10-15(16)19/h4-5,7-11,17,20H,3,6H2,1-2H3. The average molecular weight is 336 g/mol. The second-order valence-corrected chi connectivity index (χ2v) is 5.71. The maximum atomic E-state index is 14.2. The lowest BCUT2D eigenvalue weighted by Gasteiger charge is -2.20. The van der Waals surface area contributed by atoms with Gasteiger partial charge in [0.1, 0.15) is 5.82 Å². The summed E-state index contributed by atoms with van der Waals surface area (Å²) in [6.45, 7) is 2.16. The molecule has 0 aliphatic rings. The van der Waals surface area contributed by atoms with Crippen molar-refractivity contribution in [1.29, 1.82) is 0 Å². The van der Waals surface area contributed by atoms with Crippen molar-refractivity contribution in [2.75, 3.05) is 7.05 Å². The lowest BCUT2D eigenvalue weighted by Crippen LogP contribution is -2.19. The average Bonchev–Trinajstić information content (AvgIpc) is 2.44. The molecule has 20 heavy (non-hydrogen) atoms. The van der Waals surface area contributed by atoms with Gasteiger partial charge in [-0.05, 0) is 36.7 Å². The van der Waals surface area contributed by atoms with E-state index in [0.29, 0.717) is 5.56 Å². The molecule has 2 aromatic rings. The van der Waals surface area contributed by atoms with Gasteiger partial charge in [0.25, 0.3) is 0 Å². The molecule has 0 aliphatic heterocycles. The Morgan fingerprint density at radius 3 is 2.60 bits per heavy atom. The number of nitrogens with one attached hydrogen (secondary N) is 1. The van der Waals surface area contributed by atoms with Crippen molar-refractivity contribution in [1.82, 2.24) is 5.32 Å². The topological polar surface area (TPSA) is 12.0 Å². The summed E-state index contributed by atoms with van der Waals surface area (Å²) in [5.41, 5.74) is 3.03. The number of benzene rings is 2. The van der Waals surface area contributed by atoms with Gasteiger partial charge in [-0.3, -0.25) is 0 Å². The monoisotopic (exact) mass is 335 g/mol. The predicted octanol–water partition coefficient (Wildman–Crippen LogP) is 4.85. The van der Waals surface area contributed by atoms with Gasteiger partial charge in [-0.25, -0.2) is 4.39 Å². The van der Waals surface area contributed by atoms with Crippen molar-refractivity contribution in [2.24, 2.45) is 0 Å². The molecular weight excluding hydrogens is 317 g/mol.